The number of halogens is 1. The molecule has 5 nitrogen and oxygen atoms in total. The summed E-state index contributed by atoms with van der Waals surface area (Å²) in [5.74, 6) is 0. The van der Waals surface area contributed by atoms with Crippen LogP contribution in [-0.2, 0) is 0 Å². The van der Waals surface area contributed by atoms with Gasteiger partial charge in [0.15, 0.2) is 4.73 Å². The highest BCUT2D eigenvalue weighted by Crippen LogP contribution is 2.08. The minimum absolute atomic E-state index is 0.108. The van der Waals surface area contributed by atoms with Gasteiger partial charge in [0.1, 0.15) is 12.4 Å². The van der Waals surface area contributed by atoms with Crippen LogP contribution in [-0.4, -0.2) is 14.9 Å². The molecule has 0 spiro atoms. The van der Waals surface area contributed by atoms with Crippen molar-refractivity contribution in [3.8, 4) is 0 Å². The van der Waals surface area contributed by atoms with Gasteiger partial charge in [-0.2, -0.15) is 0 Å². The summed E-state index contributed by atoms with van der Waals surface area (Å²) in [6.45, 7) is 0. The Hall–Kier alpha value is -1.04. The summed E-state index contributed by atoms with van der Waals surface area (Å²) in [4.78, 5) is 16.6. The maximum absolute atomic E-state index is 10.0. The number of nitro groups is 1. The molecule has 1 heterocycles. The predicted molar refractivity (Wildman–Crippen MR) is 36.4 cm³/mol. The van der Waals surface area contributed by atoms with Crippen LogP contribution in [0.1, 0.15) is 0 Å². The van der Waals surface area contributed by atoms with Gasteiger partial charge in [-0.25, -0.2) is 9.97 Å². The topological polar surface area (TPSA) is 68.9 Å². The summed E-state index contributed by atoms with van der Waals surface area (Å²) < 4.78 is 0.345. The minimum Gasteiger partial charge on any atom is -0.258 e. The highest BCUT2D eigenvalue weighted by atomic mass is 79.9. The molecule has 0 aliphatic rings. The molecule has 0 unspecified atom stereocenters. The first-order valence-corrected chi connectivity index (χ1v) is 3.11. The standard InChI is InChI=1S/C4H2BrN3O2/c5-4-6-1-3(2-7-4)8(9)10/h1-2H. The molecule has 1 rings (SSSR count). The largest absolute Gasteiger partial charge is 0.305 e. The van der Waals surface area contributed by atoms with Crippen molar-refractivity contribution in [1.29, 1.82) is 0 Å². The Kier molecular flexibility index (Phi) is 1.91. The van der Waals surface area contributed by atoms with Crippen molar-refractivity contribution in [1.82, 2.24) is 9.97 Å². The van der Waals surface area contributed by atoms with Crippen molar-refractivity contribution in [2.24, 2.45) is 0 Å². The predicted octanol–water partition coefficient (Wildman–Crippen LogP) is 1.15. The van der Waals surface area contributed by atoms with E-state index < -0.39 is 4.92 Å². The van der Waals surface area contributed by atoms with Gasteiger partial charge in [0, 0.05) is 0 Å². The fourth-order valence-electron chi connectivity index (χ4n) is 0.400. The first-order valence-electron chi connectivity index (χ1n) is 2.32. The molecule has 0 saturated heterocycles. The fraction of sp³-hybridized carbons (Fsp3) is 0. The van der Waals surface area contributed by atoms with Crippen molar-refractivity contribution in [3.05, 3.63) is 27.2 Å². The molecule has 0 amide bonds. The van der Waals surface area contributed by atoms with Crippen molar-refractivity contribution in [3.63, 3.8) is 0 Å². The van der Waals surface area contributed by atoms with Crippen LogP contribution in [0.25, 0.3) is 0 Å². The molecule has 0 fully saturated rings. The number of rotatable bonds is 1. The van der Waals surface area contributed by atoms with Crippen LogP contribution in [0.2, 0.25) is 0 Å². The highest BCUT2D eigenvalue weighted by molar-refractivity contribution is 9.10. The molecule has 0 atom stereocenters. The summed E-state index contributed by atoms with van der Waals surface area (Å²) in [6.07, 6.45) is 2.27. The molecule has 1 aromatic heterocycles. The van der Waals surface area contributed by atoms with E-state index in [0.29, 0.717) is 4.73 Å². The first-order chi connectivity index (χ1) is 4.70. The third-order valence-electron chi connectivity index (χ3n) is 0.818. The Morgan fingerprint density at radius 1 is 1.50 bits per heavy atom. The fourth-order valence-corrected chi connectivity index (χ4v) is 0.604. The Morgan fingerprint density at radius 3 is 2.40 bits per heavy atom. The van der Waals surface area contributed by atoms with Gasteiger partial charge in [0.05, 0.1) is 4.92 Å². The van der Waals surface area contributed by atoms with Gasteiger partial charge in [-0.05, 0) is 15.9 Å². The van der Waals surface area contributed by atoms with E-state index in [2.05, 4.69) is 25.9 Å². The van der Waals surface area contributed by atoms with Crippen molar-refractivity contribution in [2.45, 2.75) is 0 Å². The lowest BCUT2D eigenvalue weighted by Gasteiger charge is -1.87. The Balaban J connectivity index is 3.00. The molecule has 0 aromatic carbocycles. The number of aromatic nitrogens is 2. The van der Waals surface area contributed by atoms with Crippen molar-refractivity contribution < 1.29 is 4.92 Å². The van der Waals surface area contributed by atoms with Crippen LogP contribution >= 0.6 is 15.9 Å². The normalized spacial score (nSPS) is 9.30. The van der Waals surface area contributed by atoms with Crippen LogP contribution in [0.4, 0.5) is 5.69 Å². The van der Waals surface area contributed by atoms with Crippen LogP contribution in [0.3, 0.4) is 0 Å². The van der Waals surface area contributed by atoms with Crippen molar-refractivity contribution >= 4 is 21.6 Å². The Morgan fingerprint density at radius 2 is 2.00 bits per heavy atom. The van der Waals surface area contributed by atoms with Crippen LogP contribution in [0.15, 0.2) is 17.1 Å². The quantitative estimate of drug-likeness (QED) is 0.390. The van der Waals surface area contributed by atoms with Gasteiger partial charge in [0.25, 0.3) is 0 Å². The van der Waals surface area contributed by atoms with Crippen molar-refractivity contribution in [2.75, 3.05) is 0 Å². The van der Waals surface area contributed by atoms with Gasteiger partial charge >= 0.3 is 5.69 Å². The zero-order valence-electron chi connectivity index (χ0n) is 4.69. The molecular formula is C4H2BrN3O2. The molecule has 52 valence electrons. The van der Waals surface area contributed by atoms with E-state index in [1.54, 1.807) is 0 Å². The number of hydrogen-bond donors (Lipinski definition) is 0. The second-order valence-corrected chi connectivity index (χ2v) is 2.18. The van der Waals surface area contributed by atoms with E-state index in [-0.39, 0.29) is 5.69 Å². The van der Waals surface area contributed by atoms with E-state index in [1.165, 1.54) is 0 Å². The molecule has 10 heavy (non-hydrogen) atoms. The summed E-state index contributed by atoms with van der Waals surface area (Å²) >= 11 is 2.95. The lowest BCUT2D eigenvalue weighted by atomic mass is 10.6. The third kappa shape index (κ3) is 1.47. The summed E-state index contributed by atoms with van der Waals surface area (Å²) in [5.41, 5.74) is -0.108. The van der Waals surface area contributed by atoms with Crippen LogP contribution in [0, 0.1) is 10.1 Å². The van der Waals surface area contributed by atoms with Gasteiger partial charge in [-0.15, -0.1) is 0 Å². The molecule has 0 aliphatic heterocycles. The summed E-state index contributed by atoms with van der Waals surface area (Å²) in [7, 11) is 0. The van der Waals surface area contributed by atoms with Crippen LogP contribution < -0.4 is 0 Å². The second kappa shape index (κ2) is 2.70. The molecule has 0 aliphatic carbocycles. The lowest BCUT2D eigenvalue weighted by Crippen LogP contribution is -1.90. The van der Waals surface area contributed by atoms with E-state index in [1.807, 2.05) is 0 Å². The van der Waals surface area contributed by atoms with Gasteiger partial charge < -0.3 is 0 Å². The average molecular weight is 204 g/mol. The second-order valence-electron chi connectivity index (χ2n) is 1.47. The number of nitrogens with zero attached hydrogens (tertiary/aromatic N) is 3. The van der Waals surface area contributed by atoms with Gasteiger partial charge in [-0.3, -0.25) is 10.1 Å². The first kappa shape index (κ1) is 7.07. The zero-order valence-corrected chi connectivity index (χ0v) is 6.28. The zero-order chi connectivity index (χ0) is 7.56. The lowest BCUT2D eigenvalue weighted by molar-refractivity contribution is -0.385. The SMILES string of the molecule is O=[N+]([O-])c1cnc(Br)nc1. The monoisotopic (exact) mass is 203 g/mol. The van der Waals surface area contributed by atoms with Crippen LogP contribution in [0.5, 0.6) is 0 Å². The molecule has 0 radical (unpaired) electrons. The van der Waals surface area contributed by atoms with E-state index >= 15 is 0 Å². The minimum atomic E-state index is -0.549. The Bertz CT molecular complexity index is 247. The molecular weight excluding hydrogens is 202 g/mol. The smallest absolute Gasteiger partial charge is 0.258 e. The molecule has 1 aromatic rings. The maximum atomic E-state index is 10.0. The number of hydrogen-bond acceptors (Lipinski definition) is 4. The summed E-state index contributed by atoms with van der Waals surface area (Å²) in [6, 6.07) is 0. The van der Waals surface area contributed by atoms with E-state index in [4.69, 9.17) is 0 Å². The maximum Gasteiger partial charge on any atom is 0.305 e. The average Bonchev–Trinajstić information content (AvgIpc) is 1.88. The summed E-state index contributed by atoms with van der Waals surface area (Å²) in [5, 5.41) is 10.0. The van der Waals surface area contributed by atoms with E-state index in [9.17, 15) is 10.1 Å². The highest BCUT2D eigenvalue weighted by Gasteiger charge is 2.03. The third-order valence-corrected chi connectivity index (χ3v) is 1.23. The van der Waals surface area contributed by atoms with Gasteiger partial charge in [-0.1, -0.05) is 0 Å². The Labute approximate surface area is 64.4 Å². The van der Waals surface area contributed by atoms with Gasteiger partial charge in [0.2, 0.25) is 0 Å². The molecule has 0 bridgehead atoms. The molecule has 6 heteroatoms. The van der Waals surface area contributed by atoms with E-state index in [0.717, 1.165) is 12.4 Å². The molecule has 0 N–H and O–H groups in total. The molecule has 0 saturated carbocycles.